The van der Waals surface area contributed by atoms with Crippen molar-refractivity contribution in [2.24, 2.45) is 0 Å². The molecule has 0 aliphatic carbocycles. The molecule has 0 bridgehead atoms. The van der Waals surface area contributed by atoms with Gasteiger partial charge in [-0.3, -0.25) is 4.79 Å². The minimum absolute atomic E-state index is 0.160. The molecule has 3 aromatic rings. The second kappa shape index (κ2) is 13.5. The molecular weight excluding hydrogens is 533 g/mol. The smallest absolute Gasteiger partial charge is 0.406 e. The SMILES string of the molecule is CCCCCc1ccc(CNC(=O)c2ccc(C[N]Cc3ccc(OC(F)(F)F)cc3)c(Br)c2)cc1. The minimum Gasteiger partial charge on any atom is -0.406 e. The Labute approximate surface area is 218 Å². The van der Waals surface area contributed by atoms with E-state index in [0.717, 1.165) is 27.6 Å². The van der Waals surface area contributed by atoms with Crippen molar-refractivity contribution in [3.8, 4) is 5.75 Å². The Balaban J connectivity index is 1.45. The van der Waals surface area contributed by atoms with Gasteiger partial charge in [0.15, 0.2) is 0 Å². The Morgan fingerprint density at radius 3 is 2.22 bits per heavy atom. The third-order valence-electron chi connectivity index (χ3n) is 5.59. The molecule has 191 valence electrons. The molecule has 36 heavy (non-hydrogen) atoms. The van der Waals surface area contributed by atoms with Crippen LogP contribution in [0.4, 0.5) is 13.2 Å². The third-order valence-corrected chi connectivity index (χ3v) is 6.33. The second-order valence-electron chi connectivity index (χ2n) is 8.49. The van der Waals surface area contributed by atoms with Crippen LogP contribution in [0.1, 0.15) is 58.8 Å². The summed E-state index contributed by atoms with van der Waals surface area (Å²) in [4.78, 5) is 12.6. The Hall–Kier alpha value is -2.84. The number of carbonyl (C=O) groups excluding carboxylic acids is 1. The number of unbranched alkanes of at least 4 members (excludes halogenated alkanes) is 2. The average Bonchev–Trinajstić information content (AvgIpc) is 2.84. The fraction of sp³-hybridized carbons (Fsp3) is 0.321. The number of halogens is 4. The van der Waals surface area contributed by atoms with E-state index in [2.05, 4.69) is 62.5 Å². The number of alkyl halides is 3. The molecule has 3 aromatic carbocycles. The van der Waals surface area contributed by atoms with Crippen LogP contribution in [0.5, 0.6) is 5.75 Å². The first kappa shape index (κ1) is 27.7. The number of nitrogens with one attached hydrogen (secondary N) is 1. The Morgan fingerprint density at radius 1 is 0.917 bits per heavy atom. The van der Waals surface area contributed by atoms with Gasteiger partial charge in [0.1, 0.15) is 5.75 Å². The molecule has 0 fully saturated rings. The normalized spacial score (nSPS) is 11.4. The summed E-state index contributed by atoms with van der Waals surface area (Å²) in [6, 6.07) is 19.3. The van der Waals surface area contributed by atoms with E-state index in [0.29, 0.717) is 25.2 Å². The minimum atomic E-state index is -4.71. The molecule has 0 spiro atoms. The largest absolute Gasteiger partial charge is 0.573 e. The number of rotatable bonds is 12. The maximum atomic E-state index is 12.6. The van der Waals surface area contributed by atoms with Gasteiger partial charge in [0.2, 0.25) is 0 Å². The van der Waals surface area contributed by atoms with Crippen molar-refractivity contribution in [2.75, 3.05) is 0 Å². The van der Waals surface area contributed by atoms with Gasteiger partial charge in [-0.1, -0.05) is 78.2 Å². The highest BCUT2D eigenvalue weighted by atomic mass is 79.9. The molecule has 0 saturated carbocycles. The average molecular weight is 562 g/mol. The standard InChI is InChI=1S/C28H29BrF3N2O2/c1-2-3-4-5-20-6-8-22(9-7-20)18-34-27(35)23-12-13-24(26(29)16-23)19-33-17-21-10-14-25(15-11-21)36-28(30,31)32/h6-16H,2-5,17-19H2,1H3,(H,34,35). The van der Waals surface area contributed by atoms with Gasteiger partial charge in [0.05, 0.1) is 0 Å². The first-order valence-corrected chi connectivity index (χ1v) is 12.6. The van der Waals surface area contributed by atoms with E-state index in [9.17, 15) is 18.0 Å². The lowest BCUT2D eigenvalue weighted by Crippen LogP contribution is -2.22. The molecule has 4 nitrogen and oxygen atoms in total. The number of amides is 1. The fourth-order valence-electron chi connectivity index (χ4n) is 3.61. The zero-order chi connectivity index (χ0) is 26.0. The molecule has 8 heteroatoms. The van der Waals surface area contributed by atoms with Gasteiger partial charge in [-0.25, -0.2) is 5.32 Å². The lowest BCUT2D eigenvalue weighted by atomic mass is 10.1. The maximum absolute atomic E-state index is 12.6. The number of benzene rings is 3. The predicted molar refractivity (Wildman–Crippen MR) is 138 cm³/mol. The van der Waals surface area contributed by atoms with Gasteiger partial charge >= 0.3 is 6.36 Å². The summed E-state index contributed by atoms with van der Waals surface area (Å²) in [7, 11) is 0. The first-order valence-electron chi connectivity index (χ1n) is 11.9. The number of carbonyl (C=O) groups is 1. The summed E-state index contributed by atoms with van der Waals surface area (Å²) in [6.45, 7) is 3.39. The predicted octanol–water partition coefficient (Wildman–Crippen LogP) is 7.32. The van der Waals surface area contributed by atoms with Crippen LogP contribution in [0.25, 0.3) is 0 Å². The molecule has 1 N–H and O–H groups in total. The zero-order valence-electron chi connectivity index (χ0n) is 20.1. The molecule has 0 aromatic heterocycles. The van der Waals surface area contributed by atoms with Crippen LogP contribution in [0.2, 0.25) is 0 Å². The van der Waals surface area contributed by atoms with Crippen LogP contribution < -0.4 is 15.4 Å². The van der Waals surface area contributed by atoms with Crippen molar-refractivity contribution in [3.05, 3.63) is 99.0 Å². The number of hydrogen-bond acceptors (Lipinski definition) is 2. The highest BCUT2D eigenvalue weighted by molar-refractivity contribution is 9.10. The highest BCUT2D eigenvalue weighted by Crippen LogP contribution is 2.23. The van der Waals surface area contributed by atoms with Gasteiger partial charge in [-0.2, -0.15) is 0 Å². The fourth-order valence-corrected chi connectivity index (χ4v) is 4.11. The molecule has 0 unspecified atom stereocenters. The van der Waals surface area contributed by atoms with Crippen LogP contribution >= 0.6 is 15.9 Å². The van der Waals surface area contributed by atoms with E-state index in [4.69, 9.17) is 0 Å². The zero-order valence-corrected chi connectivity index (χ0v) is 21.7. The maximum Gasteiger partial charge on any atom is 0.573 e. The van der Waals surface area contributed by atoms with E-state index >= 15 is 0 Å². The van der Waals surface area contributed by atoms with E-state index in [-0.39, 0.29) is 11.7 Å². The van der Waals surface area contributed by atoms with E-state index in [1.165, 1.54) is 37.0 Å². The summed E-state index contributed by atoms with van der Waals surface area (Å²) in [6.07, 6.45) is 0.00509. The topological polar surface area (TPSA) is 52.4 Å². The number of hydrogen-bond donors (Lipinski definition) is 1. The molecule has 3 rings (SSSR count). The molecule has 1 amide bonds. The highest BCUT2D eigenvalue weighted by Gasteiger charge is 2.30. The summed E-state index contributed by atoms with van der Waals surface area (Å²) in [5, 5.41) is 7.42. The lowest BCUT2D eigenvalue weighted by Gasteiger charge is -2.10. The van der Waals surface area contributed by atoms with Crippen molar-refractivity contribution < 1.29 is 22.7 Å². The van der Waals surface area contributed by atoms with Gasteiger partial charge in [-0.05, 0) is 59.4 Å². The van der Waals surface area contributed by atoms with Crippen molar-refractivity contribution in [3.63, 3.8) is 0 Å². The molecule has 0 saturated heterocycles. The monoisotopic (exact) mass is 561 g/mol. The third kappa shape index (κ3) is 9.32. The quantitative estimate of drug-likeness (QED) is 0.235. The van der Waals surface area contributed by atoms with Crippen LogP contribution in [0.15, 0.2) is 71.2 Å². The summed E-state index contributed by atoms with van der Waals surface area (Å²) >= 11 is 3.51. The molecule has 0 aliphatic rings. The van der Waals surface area contributed by atoms with Crippen LogP contribution in [-0.4, -0.2) is 12.3 Å². The van der Waals surface area contributed by atoms with Crippen molar-refractivity contribution >= 4 is 21.8 Å². The molecular formula is C28H29BrF3N2O2. The Bertz CT molecular complexity index is 1120. The van der Waals surface area contributed by atoms with Crippen molar-refractivity contribution in [1.82, 2.24) is 10.6 Å². The molecule has 1 radical (unpaired) electrons. The van der Waals surface area contributed by atoms with Gasteiger partial charge in [-0.15, -0.1) is 13.2 Å². The van der Waals surface area contributed by atoms with Crippen molar-refractivity contribution in [2.45, 2.75) is 58.6 Å². The van der Waals surface area contributed by atoms with E-state index in [1.54, 1.807) is 24.3 Å². The van der Waals surface area contributed by atoms with Crippen LogP contribution in [-0.2, 0) is 26.1 Å². The van der Waals surface area contributed by atoms with E-state index in [1.807, 2.05) is 6.07 Å². The summed E-state index contributed by atoms with van der Waals surface area (Å²) < 4.78 is 41.4. The van der Waals surface area contributed by atoms with E-state index < -0.39 is 6.36 Å². The van der Waals surface area contributed by atoms with Gasteiger partial charge in [0, 0.05) is 29.7 Å². The number of ether oxygens (including phenoxy) is 1. The molecule has 0 aliphatic heterocycles. The number of nitrogens with zero attached hydrogens (tertiary/aromatic N) is 1. The Morgan fingerprint density at radius 2 is 1.58 bits per heavy atom. The van der Waals surface area contributed by atoms with Crippen molar-refractivity contribution in [1.29, 1.82) is 0 Å². The molecule has 0 heterocycles. The lowest BCUT2D eigenvalue weighted by molar-refractivity contribution is -0.274. The van der Waals surface area contributed by atoms with Crippen LogP contribution in [0, 0.1) is 0 Å². The van der Waals surface area contributed by atoms with Gasteiger partial charge in [0.25, 0.3) is 5.91 Å². The Kier molecular flexibility index (Phi) is 10.4. The van der Waals surface area contributed by atoms with Gasteiger partial charge < -0.3 is 10.1 Å². The van der Waals surface area contributed by atoms with Crippen LogP contribution in [0.3, 0.4) is 0 Å². The second-order valence-corrected chi connectivity index (χ2v) is 9.35. The number of aryl methyl sites for hydroxylation is 1. The summed E-state index contributed by atoms with van der Waals surface area (Å²) in [5.41, 5.74) is 4.58. The molecule has 0 atom stereocenters. The summed E-state index contributed by atoms with van der Waals surface area (Å²) in [5.74, 6) is -0.422. The first-order chi connectivity index (χ1) is 17.2.